The first-order valence-corrected chi connectivity index (χ1v) is 29.1. The van der Waals surface area contributed by atoms with Crippen molar-refractivity contribution in [3.8, 4) is 0 Å². The molecule has 2 unspecified atom stereocenters. The molecule has 0 heterocycles. The van der Waals surface area contributed by atoms with Gasteiger partial charge in [0.15, 0.2) is 6.10 Å². The standard InChI is InChI=1S/C55H106NO8P/c1-6-8-10-12-14-16-18-20-22-24-26-27-28-29-30-32-34-36-38-40-42-44-46-48-55(58)64-53(52-63-65(59,60)62-50-49-56(3,4)5)51-61-54(57)47-45-43-41-39-37-35-33-31-25-23-21-19-17-15-13-11-9-7-2/h18,20,24,26,53H,6-17,19,21-23,25,27-52H2,1-5H3/p+1/b20-18-,26-24-. The van der Waals surface area contributed by atoms with Crippen LogP contribution in [0.1, 0.15) is 264 Å². The van der Waals surface area contributed by atoms with Crippen LogP contribution in [-0.4, -0.2) is 74.9 Å². The van der Waals surface area contributed by atoms with Gasteiger partial charge in [-0.25, -0.2) is 4.57 Å². The lowest BCUT2D eigenvalue weighted by Gasteiger charge is -2.24. The molecule has 10 heteroatoms. The number of allylic oxidation sites excluding steroid dienone is 4. The number of hydrogen-bond donors (Lipinski definition) is 1. The predicted octanol–water partition coefficient (Wildman–Crippen LogP) is 16.6. The number of nitrogens with zero attached hydrogens (tertiary/aromatic N) is 1. The Bertz CT molecular complexity index is 1150. The van der Waals surface area contributed by atoms with Gasteiger partial charge in [-0.2, -0.15) is 0 Å². The van der Waals surface area contributed by atoms with E-state index in [0.29, 0.717) is 23.9 Å². The number of carbonyl (C=O) groups is 2. The van der Waals surface area contributed by atoms with Gasteiger partial charge in [-0.05, 0) is 44.9 Å². The number of esters is 2. The lowest BCUT2D eigenvalue weighted by molar-refractivity contribution is -0.870. The highest BCUT2D eigenvalue weighted by Gasteiger charge is 2.27. The zero-order valence-electron chi connectivity index (χ0n) is 43.5. The number of phosphoric acid groups is 1. The minimum Gasteiger partial charge on any atom is -0.462 e. The Kier molecular flexibility index (Phi) is 46.4. The van der Waals surface area contributed by atoms with Crippen molar-refractivity contribution < 1.29 is 42.1 Å². The second kappa shape index (κ2) is 47.6. The summed E-state index contributed by atoms with van der Waals surface area (Å²) < 4.78 is 34.5. The maximum atomic E-state index is 12.8. The number of quaternary nitrogens is 1. The first-order chi connectivity index (χ1) is 31.5. The van der Waals surface area contributed by atoms with Gasteiger partial charge in [-0.3, -0.25) is 18.6 Å². The van der Waals surface area contributed by atoms with E-state index in [2.05, 4.69) is 38.2 Å². The zero-order valence-corrected chi connectivity index (χ0v) is 44.4. The van der Waals surface area contributed by atoms with Gasteiger partial charge in [0.2, 0.25) is 0 Å². The summed E-state index contributed by atoms with van der Waals surface area (Å²) in [7, 11) is 1.49. The van der Waals surface area contributed by atoms with Crippen LogP contribution in [0.4, 0.5) is 0 Å². The molecule has 0 aliphatic heterocycles. The van der Waals surface area contributed by atoms with Crippen molar-refractivity contribution >= 4 is 19.8 Å². The van der Waals surface area contributed by atoms with Crippen molar-refractivity contribution in [2.45, 2.75) is 270 Å². The van der Waals surface area contributed by atoms with Crippen LogP contribution in [0.25, 0.3) is 0 Å². The smallest absolute Gasteiger partial charge is 0.462 e. The molecule has 384 valence electrons. The zero-order chi connectivity index (χ0) is 47.8. The van der Waals surface area contributed by atoms with Gasteiger partial charge in [0.25, 0.3) is 0 Å². The van der Waals surface area contributed by atoms with Gasteiger partial charge in [0.05, 0.1) is 27.7 Å². The van der Waals surface area contributed by atoms with Crippen molar-refractivity contribution in [1.82, 2.24) is 0 Å². The molecule has 0 aromatic rings. The van der Waals surface area contributed by atoms with E-state index in [0.717, 1.165) is 38.5 Å². The number of rotatable bonds is 51. The fourth-order valence-corrected chi connectivity index (χ4v) is 8.67. The van der Waals surface area contributed by atoms with Gasteiger partial charge in [0.1, 0.15) is 19.8 Å². The Labute approximate surface area is 402 Å². The fourth-order valence-electron chi connectivity index (χ4n) is 7.93. The van der Waals surface area contributed by atoms with Crippen LogP contribution in [0.3, 0.4) is 0 Å². The molecule has 9 nitrogen and oxygen atoms in total. The van der Waals surface area contributed by atoms with Crippen molar-refractivity contribution in [3.63, 3.8) is 0 Å². The molecule has 0 aliphatic carbocycles. The van der Waals surface area contributed by atoms with Crippen molar-refractivity contribution in [2.24, 2.45) is 0 Å². The molecule has 0 bridgehead atoms. The van der Waals surface area contributed by atoms with Crippen LogP contribution in [0.15, 0.2) is 24.3 Å². The van der Waals surface area contributed by atoms with Crippen LogP contribution < -0.4 is 0 Å². The minimum absolute atomic E-state index is 0.0338. The lowest BCUT2D eigenvalue weighted by Crippen LogP contribution is -2.37. The Balaban J connectivity index is 4.18. The average molecular weight is 941 g/mol. The first kappa shape index (κ1) is 63.5. The number of carbonyl (C=O) groups excluding carboxylic acids is 2. The summed E-state index contributed by atoms with van der Waals surface area (Å²) in [5, 5.41) is 0. The average Bonchev–Trinajstić information content (AvgIpc) is 3.26. The topological polar surface area (TPSA) is 108 Å². The summed E-state index contributed by atoms with van der Waals surface area (Å²) in [5.74, 6) is -0.785. The van der Waals surface area contributed by atoms with E-state index in [1.807, 2.05) is 21.1 Å². The van der Waals surface area contributed by atoms with Crippen molar-refractivity contribution in [2.75, 3.05) is 47.5 Å². The molecule has 0 aromatic carbocycles. The highest BCUT2D eigenvalue weighted by atomic mass is 31.2. The molecular formula is C55H107NO8P+. The van der Waals surface area contributed by atoms with Gasteiger partial charge in [-0.1, -0.05) is 231 Å². The largest absolute Gasteiger partial charge is 0.472 e. The minimum atomic E-state index is -4.38. The monoisotopic (exact) mass is 941 g/mol. The van der Waals surface area contributed by atoms with Crippen LogP contribution >= 0.6 is 7.82 Å². The highest BCUT2D eigenvalue weighted by Crippen LogP contribution is 2.43. The van der Waals surface area contributed by atoms with Crippen LogP contribution in [-0.2, 0) is 32.7 Å². The number of ether oxygens (including phenoxy) is 2. The number of likely N-dealkylation sites (N-methyl/N-ethyl adjacent to an activating group) is 1. The Hall–Kier alpha value is -1.51. The molecule has 0 fully saturated rings. The number of hydrogen-bond acceptors (Lipinski definition) is 7. The lowest BCUT2D eigenvalue weighted by atomic mass is 10.0. The fraction of sp³-hybridized carbons (Fsp3) is 0.891. The van der Waals surface area contributed by atoms with E-state index in [-0.39, 0.29) is 25.6 Å². The molecule has 0 amide bonds. The maximum absolute atomic E-state index is 12.8. The Morgan fingerprint density at radius 2 is 0.831 bits per heavy atom. The molecule has 0 aromatic heterocycles. The number of unbranched alkanes of at least 4 members (excludes halogenated alkanes) is 33. The molecule has 0 saturated heterocycles. The molecular weight excluding hydrogens is 834 g/mol. The molecule has 0 rings (SSSR count). The van der Waals surface area contributed by atoms with Crippen LogP contribution in [0.5, 0.6) is 0 Å². The summed E-state index contributed by atoms with van der Waals surface area (Å²) >= 11 is 0. The molecule has 1 N–H and O–H groups in total. The third kappa shape index (κ3) is 51.7. The molecule has 0 saturated carbocycles. The van der Waals surface area contributed by atoms with Crippen LogP contribution in [0, 0.1) is 0 Å². The molecule has 0 radical (unpaired) electrons. The van der Waals surface area contributed by atoms with E-state index in [4.69, 9.17) is 18.5 Å². The Morgan fingerprint density at radius 3 is 1.22 bits per heavy atom. The van der Waals surface area contributed by atoms with Gasteiger partial charge >= 0.3 is 19.8 Å². The number of phosphoric ester groups is 1. The summed E-state index contributed by atoms with van der Waals surface area (Å²) in [6.45, 7) is 4.46. The van der Waals surface area contributed by atoms with Gasteiger partial charge in [-0.15, -0.1) is 0 Å². The van der Waals surface area contributed by atoms with E-state index >= 15 is 0 Å². The Morgan fingerprint density at radius 1 is 0.477 bits per heavy atom. The van der Waals surface area contributed by atoms with E-state index in [9.17, 15) is 19.0 Å². The molecule has 65 heavy (non-hydrogen) atoms. The summed E-state index contributed by atoms with van der Waals surface area (Å²) in [5.41, 5.74) is 0. The van der Waals surface area contributed by atoms with Crippen molar-refractivity contribution in [3.05, 3.63) is 24.3 Å². The maximum Gasteiger partial charge on any atom is 0.472 e. The quantitative estimate of drug-likeness (QED) is 0.0211. The van der Waals surface area contributed by atoms with E-state index in [1.54, 1.807) is 0 Å². The second-order valence-electron chi connectivity index (χ2n) is 20.0. The molecule has 2 atom stereocenters. The van der Waals surface area contributed by atoms with E-state index in [1.165, 1.54) is 193 Å². The molecule has 0 aliphatic rings. The summed E-state index contributed by atoms with van der Waals surface area (Å²) in [4.78, 5) is 35.6. The third-order valence-corrected chi connectivity index (χ3v) is 13.2. The first-order valence-electron chi connectivity index (χ1n) is 27.6. The third-order valence-electron chi connectivity index (χ3n) is 12.2. The highest BCUT2D eigenvalue weighted by molar-refractivity contribution is 7.47. The van der Waals surface area contributed by atoms with Gasteiger partial charge < -0.3 is 18.9 Å². The SMILES string of the molecule is CCCCCCC/C=C\C/C=C\CCCCCCCCCCCCCC(=O)OC(COC(=O)CCCCCCCCCCCCCCCCCCCC)COP(=O)(O)OCC[N+](C)(C)C. The second-order valence-corrected chi connectivity index (χ2v) is 21.4. The predicted molar refractivity (Wildman–Crippen MR) is 275 cm³/mol. The normalized spacial score (nSPS) is 13.5. The van der Waals surface area contributed by atoms with Crippen LogP contribution in [0.2, 0.25) is 0 Å². The molecule has 0 spiro atoms. The summed E-state index contributed by atoms with van der Waals surface area (Å²) in [6, 6.07) is 0. The summed E-state index contributed by atoms with van der Waals surface area (Å²) in [6.07, 6.45) is 55.2. The van der Waals surface area contributed by atoms with E-state index < -0.39 is 26.5 Å². The van der Waals surface area contributed by atoms with Crippen molar-refractivity contribution in [1.29, 1.82) is 0 Å². The van der Waals surface area contributed by atoms with Gasteiger partial charge in [0, 0.05) is 12.8 Å².